The van der Waals surface area contributed by atoms with Gasteiger partial charge in [0, 0.05) is 0 Å². The number of nitrogens with two attached hydrogens (primary N) is 1. The van der Waals surface area contributed by atoms with E-state index >= 15 is 0 Å². The fraction of sp³-hybridized carbons (Fsp3) is 0.600. The van der Waals surface area contributed by atoms with Gasteiger partial charge in [0.2, 0.25) is 0 Å². The van der Waals surface area contributed by atoms with Crippen molar-refractivity contribution in [2.24, 2.45) is 5.73 Å². The summed E-state index contributed by atoms with van der Waals surface area (Å²) in [5, 5.41) is 0. The van der Waals surface area contributed by atoms with E-state index < -0.39 is 0 Å². The van der Waals surface area contributed by atoms with Crippen LogP contribution in [0.2, 0.25) is 0 Å². The van der Waals surface area contributed by atoms with E-state index in [9.17, 15) is 0 Å². The van der Waals surface area contributed by atoms with Gasteiger partial charge >= 0.3 is 0 Å². The van der Waals surface area contributed by atoms with Crippen LogP contribution in [0.4, 0.5) is 0 Å². The maximum absolute atomic E-state index is 5.75. The van der Waals surface area contributed by atoms with E-state index in [1.165, 1.54) is 31.2 Å². The molecule has 0 heterocycles. The summed E-state index contributed by atoms with van der Waals surface area (Å²) in [5.74, 6) is 0.736. The lowest BCUT2D eigenvalue weighted by atomic mass is 9.64. The van der Waals surface area contributed by atoms with Crippen LogP contribution in [0.1, 0.15) is 54.7 Å². The Morgan fingerprint density at radius 1 is 1.38 bits per heavy atom. The van der Waals surface area contributed by atoms with Gasteiger partial charge in [0.1, 0.15) is 0 Å². The van der Waals surface area contributed by atoms with Crippen molar-refractivity contribution in [3.8, 4) is 0 Å². The molecule has 1 unspecified atom stereocenters. The number of hydrogen-bond acceptors (Lipinski definition) is 1. The second kappa shape index (κ2) is 3.59. The van der Waals surface area contributed by atoms with E-state index in [4.69, 9.17) is 5.73 Å². The molecule has 0 amide bonds. The molecule has 16 heavy (non-hydrogen) atoms. The Balaban J connectivity index is 2.07. The fourth-order valence-corrected chi connectivity index (χ4v) is 3.96. The molecule has 3 rings (SSSR count). The summed E-state index contributed by atoms with van der Waals surface area (Å²) >= 11 is 0. The minimum atomic E-state index is 0.556. The normalized spacial score (nSPS) is 25.5. The van der Waals surface area contributed by atoms with Gasteiger partial charge in [0.25, 0.3) is 0 Å². The lowest BCUT2D eigenvalue weighted by molar-refractivity contribution is 0.230. The third-order valence-electron chi connectivity index (χ3n) is 4.74. The van der Waals surface area contributed by atoms with Gasteiger partial charge < -0.3 is 5.73 Å². The SMILES string of the molecule is Cc1cccc2c1C1(CCC1)CC2CCN. The van der Waals surface area contributed by atoms with E-state index in [1.807, 2.05) is 0 Å². The lowest BCUT2D eigenvalue weighted by Gasteiger charge is -2.40. The van der Waals surface area contributed by atoms with E-state index in [2.05, 4.69) is 25.1 Å². The second-order valence-corrected chi connectivity index (χ2v) is 5.65. The largest absolute Gasteiger partial charge is 0.330 e. The molecule has 1 aromatic carbocycles. The highest BCUT2D eigenvalue weighted by molar-refractivity contribution is 5.48. The highest BCUT2D eigenvalue weighted by Gasteiger charge is 2.47. The maximum Gasteiger partial charge on any atom is -0.00357 e. The molecule has 0 aliphatic heterocycles. The summed E-state index contributed by atoms with van der Waals surface area (Å²) in [6, 6.07) is 6.84. The number of fused-ring (bicyclic) bond motifs is 2. The minimum Gasteiger partial charge on any atom is -0.330 e. The quantitative estimate of drug-likeness (QED) is 0.805. The molecule has 0 radical (unpaired) electrons. The molecule has 2 N–H and O–H groups in total. The molecule has 0 aromatic heterocycles. The molecule has 1 saturated carbocycles. The van der Waals surface area contributed by atoms with Crippen LogP contribution in [0, 0.1) is 6.92 Å². The Hall–Kier alpha value is -0.820. The molecule has 2 aliphatic rings. The number of aryl methyl sites for hydroxylation is 1. The van der Waals surface area contributed by atoms with Crippen LogP contribution in [-0.4, -0.2) is 6.54 Å². The Kier molecular flexibility index (Phi) is 2.32. The second-order valence-electron chi connectivity index (χ2n) is 5.65. The predicted molar refractivity (Wildman–Crippen MR) is 67.7 cm³/mol. The zero-order chi connectivity index (χ0) is 11.2. The number of rotatable bonds is 2. The Labute approximate surface area is 98.0 Å². The summed E-state index contributed by atoms with van der Waals surface area (Å²) < 4.78 is 0. The maximum atomic E-state index is 5.75. The molecular formula is C15H21N. The van der Waals surface area contributed by atoms with Crippen LogP contribution in [0.15, 0.2) is 18.2 Å². The fourth-order valence-electron chi connectivity index (χ4n) is 3.96. The van der Waals surface area contributed by atoms with Crippen molar-refractivity contribution in [2.45, 2.75) is 50.4 Å². The Bertz CT molecular complexity index is 404. The average Bonchev–Trinajstić information content (AvgIpc) is 2.55. The number of hydrogen-bond donors (Lipinski definition) is 1. The van der Waals surface area contributed by atoms with Crippen molar-refractivity contribution in [3.63, 3.8) is 0 Å². The molecule has 86 valence electrons. The van der Waals surface area contributed by atoms with Gasteiger partial charge in [-0.3, -0.25) is 0 Å². The first-order chi connectivity index (χ1) is 7.77. The van der Waals surface area contributed by atoms with E-state index in [0.29, 0.717) is 5.41 Å². The molecule has 1 heteroatoms. The molecule has 0 saturated heterocycles. The number of benzene rings is 1. The lowest BCUT2D eigenvalue weighted by Crippen LogP contribution is -2.32. The highest BCUT2D eigenvalue weighted by Crippen LogP contribution is 2.58. The summed E-state index contributed by atoms with van der Waals surface area (Å²) in [7, 11) is 0. The minimum absolute atomic E-state index is 0.556. The molecular weight excluding hydrogens is 194 g/mol. The smallest absolute Gasteiger partial charge is 0.00357 e. The first-order valence-electron chi connectivity index (χ1n) is 6.57. The van der Waals surface area contributed by atoms with Crippen molar-refractivity contribution in [1.29, 1.82) is 0 Å². The van der Waals surface area contributed by atoms with Crippen LogP contribution in [0.5, 0.6) is 0 Å². The van der Waals surface area contributed by atoms with Gasteiger partial charge in [-0.2, -0.15) is 0 Å². The third kappa shape index (κ3) is 1.27. The molecule has 1 nitrogen and oxygen atoms in total. The first kappa shape index (κ1) is 10.3. The molecule has 2 aliphatic carbocycles. The van der Waals surface area contributed by atoms with E-state index in [0.717, 1.165) is 18.9 Å². The summed E-state index contributed by atoms with van der Waals surface area (Å²) in [6.07, 6.45) is 6.77. The molecule has 1 atom stereocenters. The predicted octanol–water partition coefficient (Wildman–Crippen LogP) is 3.25. The van der Waals surface area contributed by atoms with Crippen LogP contribution in [0.25, 0.3) is 0 Å². The van der Waals surface area contributed by atoms with Gasteiger partial charge in [-0.1, -0.05) is 24.6 Å². The summed E-state index contributed by atoms with van der Waals surface area (Å²) in [4.78, 5) is 0. The van der Waals surface area contributed by atoms with Crippen LogP contribution in [-0.2, 0) is 5.41 Å². The topological polar surface area (TPSA) is 26.0 Å². The molecule has 1 spiro atoms. The molecule has 1 fully saturated rings. The summed E-state index contributed by atoms with van der Waals surface area (Å²) in [6.45, 7) is 3.11. The van der Waals surface area contributed by atoms with Crippen LogP contribution in [0.3, 0.4) is 0 Å². The van der Waals surface area contributed by atoms with Crippen LogP contribution >= 0.6 is 0 Å². The van der Waals surface area contributed by atoms with Crippen molar-refractivity contribution < 1.29 is 0 Å². The van der Waals surface area contributed by atoms with Gasteiger partial charge in [-0.05, 0) is 67.2 Å². The van der Waals surface area contributed by atoms with Crippen LogP contribution < -0.4 is 5.73 Å². The van der Waals surface area contributed by atoms with Crippen molar-refractivity contribution >= 4 is 0 Å². The molecule has 0 bridgehead atoms. The Morgan fingerprint density at radius 2 is 2.19 bits per heavy atom. The van der Waals surface area contributed by atoms with E-state index in [1.54, 1.807) is 11.1 Å². The first-order valence-corrected chi connectivity index (χ1v) is 6.57. The van der Waals surface area contributed by atoms with Gasteiger partial charge in [-0.15, -0.1) is 0 Å². The monoisotopic (exact) mass is 215 g/mol. The highest BCUT2D eigenvalue weighted by atomic mass is 14.6. The van der Waals surface area contributed by atoms with Gasteiger partial charge in [0.05, 0.1) is 0 Å². The summed E-state index contributed by atoms with van der Waals surface area (Å²) in [5.41, 5.74) is 11.1. The third-order valence-corrected chi connectivity index (χ3v) is 4.74. The van der Waals surface area contributed by atoms with Gasteiger partial charge in [0.15, 0.2) is 0 Å². The van der Waals surface area contributed by atoms with E-state index in [-0.39, 0.29) is 0 Å². The van der Waals surface area contributed by atoms with Crippen molar-refractivity contribution in [3.05, 3.63) is 34.9 Å². The Morgan fingerprint density at radius 3 is 2.81 bits per heavy atom. The average molecular weight is 215 g/mol. The zero-order valence-electron chi connectivity index (χ0n) is 10.1. The standard InChI is InChI=1S/C15H21N/c1-11-4-2-5-13-12(6-9-16)10-15(14(11)13)7-3-8-15/h2,4-5,12H,3,6-10,16H2,1H3. The van der Waals surface area contributed by atoms with Crippen molar-refractivity contribution in [2.75, 3.05) is 6.54 Å². The van der Waals surface area contributed by atoms with Crippen molar-refractivity contribution in [1.82, 2.24) is 0 Å². The van der Waals surface area contributed by atoms with Gasteiger partial charge in [-0.25, -0.2) is 0 Å². The zero-order valence-corrected chi connectivity index (χ0v) is 10.1. The molecule has 1 aromatic rings.